The molecule has 2 aromatic rings. The monoisotopic (exact) mass is 415 g/mol. The van der Waals surface area contributed by atoms with Gasteiger partial charge in [0, 0.05) is 12.1 Å². The topological polar surface area (TPSA) is 129 Å². The first kappa shape index (κ1) is 22.3. The molecule has 8 heteroatoms. The SMILES string of the molecule is C/C=C/c1ccc(C(Cc2ccc(C(=O)NCCS(=O)(=O)[O-])cc2)C(N)=O)cc1. The third-order valence-corrected chi connectivity index (χ3v) is 5.04. The quantitative estimate of drug-likeness (QED) is 0.603. The molecule has 3 N–H and O–H groups in total. The molecule has 0 saturated heterocycles. The number of benzene rings is 2. The normalized spacial score (nSPS) is 12.6. The van der Waals surface area contributed by atoms with Crippen LogP contribution >= 0.6 is 0 Å². The molecule has 0 saturated carbocycles. The van der Waals surface area contributed by atoms with Gasteiger partial charge in [-0.15, -0.1) is 0 Å². The molecule has 0 aliphatic carbocycles. The minimum Gasteiger partial charge on any atom is -0.748 e. The van der Waals surface area contributed by atoms with E-state index in [1.54, 1.807) is 24.3 Å². The largest absolute Gasteiger partial charge is 0.748 e. The fourth-order valence-electron chi connectivity index (χ4n) is 2.83. The fraction of sp³-hybridized carbons (Fsp3) is 0.238. The third-order valence-electron chi connectivity index (χ3n) is 4.33. The zero-order valence-electron chi connectivity index (χ0n) is 16.0. The van der Waals surface area contributed by atoms with E-state index in [0.717, 1.165) is 16.7 Å². The number of allylic oxidation sites excluding steroid dienone is 1. The van der Waals surface area contributed by atoms with Crippen LogP contribution in [0.1, 0.15) is 39.9 Å². The van der Waals surface area contributed by atoms with Crippen molar-refractivity contribution in [2.45, 2.75) is 19.3 Å². The maximum absolute atomic E-state index is 12.0. The summed E-state index contributed by atoms with van der Waals surface area (Å²) in [4.78, 5) is 24.0. The molecule has 29 heavy (non-hydrogen) atoms. The number of amides is 2. The summed E-state index contributed by atoms with van der Waals surface area (Å²) in [6.45, 7) is 1.68. The molecule has 2 aromatic carbocycles. The maximum Gasteiger partial charge on any atom is 0.251 e. The van der Waals surface area contributed by atoms with Crippen LogP contribution in [0.3, 0.4) is 0 Å². The highest BCUT2D eigenvalue weighted by Crippen LogP contribution is 2.22. The van der Waals surface area contributed by atoms with Gasteiger partial charge in [0.25, 0.3) is 5.91 Å². The van der Waals surface area contributed by atoms with Crippen LogP contribution in [0, 0.1) is 0 Å². The van der Waals surface area contributed by atoms with Gasteiger partial charge in [0.1, 0.15) is 0 Å². The summed E-state index contributed by atoms with van der Waals surface area (Å²) in [5.74, 6) is -2.09. The highest BCUT2D eigenvalue weighted by molar-refractivity contribution is 7.85. The van der Waals surface area contributed by atoms with Gasteiger partial charge in [-0.3, -0.25) is 9.59 Å². The van der Waals surface area contributed by atoms with E-state index in [1.165, 1.54) is 0 Å². The molecule has 0 heterocycles. The number of carbonyl (C=O) groups is 2. The van der Waals surface area contributed by atoms with Crippen LogP contribution in [-0.4, -0.2) is 37.1 Å². The molecule has 2 rings (SSSR count). The molecule has 0 fully saturated rings. The summed E-state index contributed by atoms with van der Waals surface area (Å²) in [6, 6.07) is 14.1. The lowest BCUT2D eigenvalue weighted by Gasteiger charge is -2.15. The first-order chi connectivity index (χ1) is 13.7. The Hall–Kier alpha value is -2.97. The van der Waals surface area contributed by atoms with Crippen LogP contribution in [0.2, 0.25) is 0 Å². The second-order valence-electron chi connectivity index (χ2n) is 6.54. The van der Waals surface area contributed by atoms with Crippen LogP contribution in [-0.2, 0) is 21.3 Å². The number of nitrogens with two attached hydrogens (primary N) is 1. The molecule has 1 unspecified atom stereocenters. The van der Waals surface area contributed by atoms with Crippen LogP contribution in [0.4, 0.5) is 0 Å². The molecule has 0 spiro atoms. The molecule has 0 bridgehead atoms. The number of carbonyl (C=O) groups excluding carboxylic acids is 2. The predicted molar refractivity (Wildman–Crippen MR) is 110 cm³/mol. The Balaban J connectivity index is 2.05. The van der Waals surface area contributed by atoms with Gasteiger partial charge in [-0.25, -0.2) is 8.42 Å². The molecule has 0 radical (unpaired) electrons. The lowest BCUT2D eigenvalue weighted by atomic mass is 9.90. The smallest absolute Gasteiger partial charge is 0.251 e. The van der Waals surface area contributed by atoms with Gasteiger partial charge in [-0.1, -0.05) is 48.6 Å². The van der Waals surface area contributed by atoms with Crippen molar-refractivity contribution in [1.29, 1.82) is 0 Å². The number of hydrogen-bond donors (Lipinski definition) is 2. The first-order valence-corrected chi connectivity index (χ1v) is 10.6. The molecule has 7 nitrogen and oxygen atoms in total. The second kappa shape index (κ2) is 9.99. The highest BCUT2D eigenvalue weighted by atomic mass is 32.2. The number of rotatable bonds is 9. The zero-order valence-corrected chi connectivity index (χ0v) is 16.8. The standard InChI is InChI=1S/C21H24N2O5S/c1-2-3-15-4-8-17(9-5-15)19(20(22)24)14-16-6-10-18(11-7-16)21(25)23-12-13-29(26,27)28/h2-11,19H,12-14H2,1H3,(H2,22,24)(H,23,25)(H,26,27,28)/p-1/b3-2+. The molecule has 1 atom stereocenters. The van der Waals surface area contributed by atoms with Crippen LogP contribution in [0.15, 0.2) is 54.6 Å². The van der Waals surface area contributed by atoms with Crippen molar-refractivity contribution in [2.75, 3.05) is 12.3 Å². The van der Waals surface area contributed by atoms with E-state index in [4.69, 9.17) is 5.73 Å². The molecule has 0 aliphatic rings. The first-order valence-electron chi connectivity index (χ1n) is 9.02. The molecular weight excluding hydrogens is 392 g/mol. The Morgan fingerprint density at radius 1 is 1.10 bits per heavy atom. The van der Waals surface area contributed by atoms with Gasteiger partial charge in [0.15, 0.2) is 0 Å². The summed E-state index contributed by atoms with van der Waals surface area (Å²) in [5, 5.41) is 2.38. The molecule has 2 amide bonds. The van der Waals surface area contributed by atoms with Crippen molar-refractivity contribution in [1.82, 2.24) is 5.32 Å². The van der Waals surface area contributed by atoms with Gasteiger partial charge in [-0.2, -0.15) is 0 Å². The van der Waals surface area contributed by atoms with E-state index in [1.807, 2.05) is 43.3 Å². The zero-order chi connectivity index (χ0) is 21.4. The number of hydrogen-bond acceptors (Lipinski definition) is 5. The minimum absolute atomic E-state index is 0.251. The Labute approximate surface area is 170 Å². The van der Waals surface area contributed by atoms with Gasteiger partial charge >= 0.3 is 0 Å². The van der Waals surface area contributed by atoms with Gasteiger partial charge in [0.05, 0.1) is 21.8 Å². The van der Waals surface area contributed by atoms with E-state index < -0.39 is 33.6 Å². The lowest BCUT2D eigenvalue weighted by Crippen LogP contribution is -2.29. The van der Waals surface area contributed by atoms with Crippen molar-refractivity contribution >= 4 is 28.0 Å². The molecular formula is C21H23N2O5S-. The average Bonchev–Trinajstić information content (AvgIpc) is 2.66. The van der Waals surface area contributed by atoms with Crippen LogP contribution < -0.4 is 11.1 Å². The Morgan fingerprint density at radius 3 is 2.24 bits per heavy atom. The van der Waals surface area contributed by atoms with Crippen molar-refractivity contribution in [3.05, 3.63) is 76.9 Å². The van der Waals surface area contributed by atoms with E-state index in [0.29, 0.717) is 12.0 Å². The van der Waals surface area contributed by atoms with Gasteiger partial charge in [-0.05, 0) is 42.2 Å². The second-order valence-corrected chi connectivity index (χ2v) is 8.06. The predicted octanol–water partition coefficient (Wildman–Crippen LogP) is 1.81. The third kappa shape index (κ3) is 7.17. The van der Waals surface area contributed by atoms with Crippen molar-refractivity contribution in [3.8, 4) is 0 Å². The molecule has 0 aromatic heterocycles. The summed E-state index contributed by atoms with van der Waals surface area (Å²) < 4.78 is 31.7. The lowest BCUT2D eigenvalue weighted by molar-refractivity contribution is -0.119. The van der Waals surface area contributed by atoms with E-state index in [-0.39, 0.29) is 6.54 Å². The van der Waals surface area contributed by atoms with Crippen molar-refractivity contribution in [3.63, 3.8) is 0 Å². The number of nitrogens with one attached hydrogen (secondary N) is 1. The van der Waals surface area contributed by atoms with Gasteiger partial charge < -0.3 is 15.6 Å². The minimum atomic E-state index is -4.38. The maximum atomic E-state index is 12.0. The number of primary amides is 1. The summed E-state index contributed by atoms with van der Waals surface area (Å²) >= 11 is 0. The average molecular weight is 415 g/mol. The van der Waals surface area contributed by atoms with Crippen LogP contribution in [0.5, 0.6) is 0 Å². The Morgan fingerprint density at radius 2 is 1.72 bits per heavy atom. The Kier molecular flexibility index (Phi) is 7.69. The van der Waals surface area contributed by atoms with Crippen molar-refractivity contribution < 1.29 is 22.6 Å². The molecule has 154 valence electrons. The molecule has 0 aliphatic heterocycles. The highest BCUT2D eigenvalue weighted by Gasteiger charge is 2.18. The van der Waals surface area contributed by atoms with E-state index in [2.05, 4.69) is 5.32 Å². The fourth-order valence-corrected chi connectivity index (χ4v) is 3.19. The van der Waals surface area contributed by atoms with Crippen molar-refractivity contribution in [2.24, 2.45) is 5.73 Å². The van der Waals surface area contributed by atoms with Crippen LogP contribution in [0.25, 0.3) is 6.08 Å². The Bertz CT molecular complexity index is 981. The summed E-state index contributed by atoms with van der Waals surface area (Å²) in [6.07, 6.45) is 4.27. The summed E-state index contributed by atoms with van der Waals surface area (Å²) in [7, 11) is -4.38. The van der Waals surface area contributed by atoms with E-state index in [9.17, 15) is 22.6 Å². The van der Waals surface area contributed by atoms with Gasteiger partial charge in [0.2, 0.25) is 5.91 Å². The summed E-state index contributed by atoms with van der Waals surface area (Å²) in [5.41, 5.74) is 8.58. The van der Waals surface area contributed by atoms with E-state index >= 15 is 0 Å².